The number of nitrogens with two attached hydrogens (primary N) is 1. The van der Waals surface area contributed by atoms with E-state index in [0.717, 1.165) is 5.56 Å². The number of benzene rings is 1. The second kappa shape index (κ2) is 5.58. The molecule has 4 heteroatoms. The molecular formula is C13H19FN2O. The Labute approximate surface area is 101 Å². The summed E-state index contributed by atoms with van der Waals surface area (Å²) >= 11 is 0. The van der Waals surface area contributed by atoms with Gasteiger partial charge in [-0.3, -0.25) is 0 Å². The summed E-state index contributed by atoms with van der Waals surface area (Å²) in [6.45, 7) is 0.319. The molecule has 0 bridgehead atoms. The van der Waals surface area contributed by atoms with Crippen LogP contribution in [0, 0.1) is 0 Å². The Balaban J connectivity index is 1.89. The van der Waals surface area contributed by atoms with Crippen LogP contribution in [0.2, 0.25) is 0 Å². The Morgan fingerprint density at radius 1 is 1.41 bits per heavy atom. The summed E-state index contributed by atoms with van der Waals surface area (Å²) in [5.74, 6) is 0. The largest absolute Gasteiger partial charge is 0.390 e. The molecule has 1 saturated heterocycles. The number of aliphatic hydroxyl groups excluding tert-OH is 1. The number of halogens is 1. The Kier molecular flexibility index (Phi) is 4.10. The Morgan fingerprint density at radius 2 is 2.12 bits per heavy atom. The van der Waals surface area contributed by atoms with E-state index in [4.69, 9.17) is 5.73 Å². The molecule has 1 aromatic carbocycles. The average Bonchev–Trinajstić information content (AvgIpc) is 2.76. The molecule has 1 aromatic rings. The molecule has 0 spiro atoms. The highest BCUT2D eigenvalue weighted by molar-refractivity contribution is 5.16. The quantitative estimate of drug-likeness (QED) is 0.720. The minimum absolute atomic E-state index is 0.219. The van der Waals surface area contributed by atoms with Crippen molar-refractivity contribution in [2.75, 3.05) is 6.54 Å². The summed E-state index contributed by atoms with van der Waals surface area (Å²) in [5.41, 5.74) is 7.05. The number of hydrogen-bond acceptors (Lipinski definition) is 3. The first kappa shape index (κ1) is 12.5. The van der Waals surface area contributed by atoms with Crippen molar-refractivity contribution in [1.29, 1.82) is 0 Å². The van der Waals surface area contributed by atoms with Crippen LogP contribution in [0.1, 0.15) is 12.0 Å². The van der Waals surface area contributed by atoms with Gasteiger partial charge in [0.05, 0.1) is 6.10 Å². The van der Waals surface area contributed by atoms with Gasteiger partial charge < -0.3 is 16.2 Å². The highest BCUT2D eigenvalue weighted by Crippen LogP contribution is 2.16. The zero-order chi connectivity index (χ0) is 12.3. The van der Waals surface area contributed by atoms with Crippen molar-refractivity contribution in [2.24, 2.45) is 5.73 Å². The molecule has 3 nitrogen and oxygen atoms in total. The van der Waals surface area contributed by atoms with Gasteiger partial charge in [0, 0.05) is 18.6 Å². The second-order valence-electron chi connectivity index (χ2n) is 4.69. The van der Waals surface area contributed by atoms with Crippen molar-refractivity contribution in [3.63, 3.8) is 0 Å². The molecular weight excluding hydrogens is 219 g/mol. The van der Waals surface area contributed by atoms with Crippen molar-refractivity contribution >= 4 is 0 Å². The SMILES string of the molecule is NC(Cc1ccccc1)C(O)C1CC(F)CN1. The third-order valence-electron chi connectivity index (χ3n) is 3.28. The lowest BCUT2D eigenvalue weighted by atomic mass is 9.96. The third-order valence-corrected chi connectivity index (χ3v) is 3.28. The van der Waals surface area contributed by atoms with Crippen LogP contribution < -0.4 is 11.1 Å². The number of aliphatic hydroxyl groups is 1. The predicted molar refractivity (Wildman–Crippen MR) is 65.4 cm³/mol. The first-order chi connectivity index (χ1) is 8.16. The topological polar surface area (TPSA) is 58.3 Å². The van der Waals surface area contributed by atoms with Crippen molar-refractivity contribution in [3.8, 4) is 0 Å². The Hall–Kier alpha value is -0.970. The minimum Gasteiger partial charge on any atom is -0.390 e. The zero-order valence-electron chi connectivity index (χ0n) is 9.72. The lowest BCUT2D eigenvalue weighted by molar-refractivity contribution is 0.106. The molecule has 0 saturated carbocycles. The number of alkyl halides is 1. The van der Waals surface area contributed by atoms with Crippen LogP contribution >= 0.6 is 0 Å². The highest BCUT2D eigenvalue weighted by atomic mass is 19.1. The molecule has 94 valence electrons. The van der Waals surface area contributed by atoms with Gasteiger partial charge in [0.2, 0.25) is 0 Å². The van der Waals surface area contributed by atoms with Gasteiger partial charge in [0.25, 0.3) is 0 Å². The fourth-order valence-electron chi connectivity index (χ4n) is 2.29. The van der Waals surface area contributed by atoms with E-state index >= 15 is 0 Å². The summed E-state index contributed by atoms with van der Waals surface area (Å²) in [4.78, 5) is 0. The van der Waals surface area contributed by atoms with Crippen LogP contribution in [-0.4, -0.2) is 36.0 Å². The van der Waals surface area contributed by atoms with Gasteiger partial charge >= 0.3 is 0 Å². The molecule has 0 amide bonds. The van der Waals surface area contributed by atoms with E-state index in [0.29, 0.717) is 19.4 Å². The molecule has 17 heavy (non-hydrogen) atoms. The fraction of sp³-hybridized carbons (Fsp3) is 0.538. The van der Waals surface area contributed by atoms with E-state index in [9.17, 15) is 9.50 Å². The van der Waals surface area contributed by atoms with Crippen LogP contribution in [0.4, 0.5) is 4.39 Å². The standard InChI is InChI=1S/C13H19FN2O/c14-10-7-12(16-8-10)13(17)11(15)6-9-4-2-1-3-5-9/h1-5,10-13,16-17H,6-8,15H2. The number of rotatable bonds is 4. The molecule has 2 rings (SSSR count). The summed E-state index contributed by atoms with van der Waals surface area (Å²) in [7, 11) is 0. The first-order valence-corrected chi connectivity index (χ1v) is 6.02. The Morgan fingerprint density at radius 3 is 2.71 bits per heavy atom. The summed E-state index contributed by atoms with van der Waals surface area (Å²) in [5, 5.41) is 13.0. The Bertz CT molecular complexity index is 347. The van der Waals surface area contributed by atoms with Crippen molar-refractivity contribution in [2.45, 2.75) is 37.2 Å². The third kappa shape index (κ3) is 3.25. The van der Waals surface area contributed by atoms with E-state index in [-0.39, 0.29) is 12.1 Å². The van der Waals surface area contributed by atoms with Crippen molar-refractivity contribution < 1.29 is 9.50 Å². The van der Waals surface area contributed by atoms with Gasteiger partial charge in [-0.1, -0.05) is 30.3 Å². The van der Waals surface area contributed by atoms with E-state index in [2.05, 4.69) is 5.32 Å². The predicted octanol–water partition coefficient (Wildman–Crippen LogP) is 0.617. The van der Waals surface area contributed by atoms with E-state index < -0.39 is 12.3 Å². The normalized spacial score (nSPS) is 27.9. The van der Waals surface area contributed by atoms with Gasteiger partial charge in [-0.2, -0.15) is 0 Å². The molecule has 1 fully saturated rings. The van der Waals surface area contributed by atoms with E-state index in [1.165, 1.54) is 0 Å². The van der Waals surface area contributed by atoms with Crippen LogP contribution in [0.15, 0.2) is 30.3 Å². The van der Waals surface area contributed by atoms with E-state index in [1.54, 1.807) is 0 Å². The summed E-state index contributed by atoms with van der Waals surface area (Å²) in [6.07, 6.45) is -0.601. The molecule has 0 radical (unpaired) electrons. The number of hydrogen-bond donors (Lipinski definition) is 3. The van der Waals surface area contributed by atoms with Crippen LogP contribution in [0.5, 0.6) is 0 Å². The fourth-order valence-corrected chi connectivity index (χ4v) is 2.29. The maximum Gasteiger partial charge on any atom is 0.114 e. The monoisotopic (exact) mass is 238 g/mol. The molecule has 1 aliphatic heterocycles. The van der Waals surface area contributed by atoms with Gasteiger partial charge in [0.1, 0.15) is 6.17 Å². The second-order valence-corrected chi connectivity index (χ2v) is 4.69. The van der Waals surface area contributed by atoms with Gasteiger partial charge in [0.15, 0.2) is 0 Å². The maximum atomic E-state index is 13.0. The smallest absolute Gasteiger partial charge is 0.114 e. The van der Waals surface area contributed by atoms with Gasteiger partial charge in [-0.25, -0.2) is 4.39 Å². The summed E-state index contributed by atoms with van der Waals surface area (Å²) < 4.78 is 13.0. The van der Waals surface area contributed by atoms with Crippen LogP contribution in [0.3, 0.4) is 0 Å². The zero-order valence-corrected chi connectivity index (χ0v) is 9.72. The number of nitrogens with one attached hydrogen (secondary N) is 1. The minimum atomic E-state index is -0.862. The van der Waals surface area contributed by atoms with Gasteiger partial charge in [-0.15, -0.1) is 0 Å². The highest BCUT2D eigenvalue weighted by Gasteiger charge is 2.32. The molecule has 4 N–H and O–H groups in total. The van der Waals surface area contributed by atoms with E-state index in [1.807, 2.05) is 30.3 Å². The lowest BCUT2D eigenvalue weighted by Crippen LogP contribution is -2.48. The maximum absolute atomic E-state index is 13.0. The molecule has 1 heterocycles. The molecule has 4 atom stereocenters. The van der Waals surface area contributed by atoms with Gasteiger partial charge in [-0.05, 0) is 18.4 Å². The molecule has 1 aliphatic rings. The molecule has 4 unspecified atom stereocenters. The molecule has 0 aromatic heterocycles. The first-order valence-electron chi connectivity index (χ1n) is 6.02. The average molecular weight is 238 g/mol. The van der Waals surface area contributed by atoms with Crippen molar-refractivity contribution in [1.82, 2.24) is 5.32 Å². The van der Waals surface area contributed by atoms with Crippen LogP contribution in [-0.2, 0) is 6.42 Å². The van der Waals surface area contributed by atoms with Crippen molar-refractivity contribution in [3.05, 3.63) is 35.9 Å². The molecule has 0 aliphatic carbocycles. The lowest BCUT2D eigenvalue weighted by Gasteiger charge is -2.24. The van der Waals surface area contributed by atoms with Crippen LogP contribution in [0.25, 0.3) is 0 Å². The summed E-state index contributed by atoms with van der Waals surface area (Å²) in [6, 6.07) is 9.21.